The van der Waals surface area contributed by atoms with Gasteiger partial charge in [-0.25, -0.2) is 4.79 Å². The van der Waals surface area contributed by atoms with Crippen LogP contribution < -0.4 is 14.8 Å². The molecule has 1 aromatic carbocycles. The van der Waals surface area contributed by atoms with Gasteiger partial charge in [0.15, 0.2) is 11.5 Å². The van der Waals surface area contributed by atoms with Crippen LogP contribution in [0, 0.1) is 0 Å². The predicted molar refractivity (Wildman–Crippen MR) is 95.1 cm³/mol. The van der Waals surface area contributed by atoms with Gasteiger partial charge in [0, 0.05) is 31.0 Å². The van der Waals surface area contributed by atoms with Crippen molar-refractivity contribution >= 4 is 11.7 Å². The van der Waals surface area contributed by atoms with E-state index in [1.54, 1.807) is 38.6 Å². The third-order valence-electron chi connectivity index (χ3n) is 4.54. The molecular weight excluding hydrogens is 320 g/mol. The molecule has 25 heavy (non-hydrogen) atoms. The Morgan fingerprint density at radius 2 is 2.08 bits per heavy atom. The van der Waals surface area contributed by atoms with E-state index in [1.807, 2.05) is 15.6 Å². The molecule has 7 nitrogen and oxygen atoms in total. The number of urea groups is 1. The molecule has 1 aromatic heterocycles. The van der Waals surface area contributed by atoms with Crippen LogP contribution in [0.15, 0.2) is 30.5 Å². The maximum atomic E-state index is 12.8. The molecule has 134 valence electrons. The summed E-state index contributed by atoms with van der Waals surface area (Å²) >= 11 is 0. The Hall–Kier alpha value is -2.70. The van der Waals surface area contributed by atoms with E-state index in [-0.39, 0.29) is 12.1 Å². The van der Waals surface area contributed by atoms with Gasteiger partial charge >= 0.3 is 6.03 Å². The molecule has 0 spiro atoms. The molecule has 3 rings (SSSR count). The monoisotopic (exact) mass is 344 g/mol. The van der Waals surface area contributed by atoms with Crippen LogP contribution in [0.3, 0.4) is 0 Å². The van der Waals surface area contributed by atoms with Gasteiger partial charge in [0.2, 0.25) is 0 Å². The van der Waals surface area contributed by atoms with Gasteiger partial charge in [-0.05, 0) is 38.0 Å². The Morgan fingerprint density at radius 3 is 2.80 bits per heavy atom. The summed E-state index contributed by atoms with van der Waals surface area (Å²) in [7, 11) is 3.16. The standard InChI is InChI=1S/C18H24N4O3/c1-4-22-15(9-10-19-22)14-6-5-11-21(14)18(23)20-13-7-8-16(24-2)17(12-13)25-3/h7-10,12,14H,4-6,11H2,1-3H3,(H,20,23)/t14-/m1/s1. The number of nitrogens with one attached hydrogen (secondary N) is 1. The van der Waals surface area contributed by atoms with Crippen LogP contribution in [0.5, 0.6) is 11.5 Å². The highest BCUT2D eigenvalue weighted by molar-refractivity contribution is 5.90. The van der Waals surface area contributed by atoms with Gasteiger partial charge in [0.05, 0.1) is 26.0 Å². The first-order valence-electron chi connectivity index (χ1n) is 8.49. The minimum atomic E-state index is -0.112. The second-order valence-electron chi connectivity index (χ2n) is 5.92. The summed E-state index contributed by atoms with van der Waals surface area (Å²) in [5.74, 6) is 1.22. The lowest BCUT2D eigenvalue weighted by Crippen LogP contribution is -2.35. The summed E-state index contributed by atoms with van der Waals surface area (Å²) < 4.78 is 12.5. The first kappa shape index (κ1) is 17.1. The molecule has 0 radical (unpaired) electrons. The summed E-state index contributed by atoms with van der Waals surface area (Å²) in [4.78, 5) is 14.7. The summed E-state index contributed by atoms with van der Waals surface area (Å²) in [6.45, 7) is 3.59. The van der Waals surface area contributed by atoms with E-state index in [0.717, 1.165) is 31.6 Å². The number of aromatic nitrogens is 2. The molecule has 1 aliphatic heterocycles. The number of hydrogen-bond donors (Lipinski definition) is 1. The van der Waals surface area contributed by atoms with Crippen LogP contribution in [0.4, 0.5) is 10.5 Å². The number of methoxy groups -OCH3 is 2. The number of anilines is 1. The molecule has 1 atom stereocenters. The lowest BCUT2D eigenvalue weighted by molar-refractivity contribution is 0.204. The largest absolute Gasteiger partial charge is 0.493 e. The number of amides is 2. The Balaban J connectivity index is 1.76. The number of carbonyl (C=O) groups is 1. The number of nitrogens with zero attached hydrogens (tertiary/aromatic N) is 3. The third kappa shape index (κ3) is 3.40. The summed E-state index contributed by atoms with van der Waals surface area (Å²) in [6, 6.07) is 7.29. The van der Waals surface area contributed by atoms with Crippen LogP contribution in [0.2, 0.25) is 0 Å². The number of benzene rings is 1. The highest BCUT2D eigenvalue weighted by Gasteiger charge is 2.32. The summed E-state index contributed by atoms with van der Waals surface area (Å²) in [6.07, 6.45) is 3.73. The van der Waals surface area contributed by atoms with Crippen molar-refractivity contribution in [3.8, 4) is 11.5 Å². The molecule has 0 bridgehead atoms. The van der Waals surface area contributed by atoms with E-state index in [9.17, 15) is 4.79 Å². The fourth-order valence-corrected chi connectivity index (χ4v) is 3.32. The van der Waals surface area contributed by atoms with E-state index in [0.29, 0.717) is 17.2 Å². The Morgan fingerprint density at radius 1 is 1.28 bits per heavy atom. The Labute approximate surface area is 147 Å². The van der Waals surface area contributed by atoms with E-state index in [4.69, 9.17) is 9.47 Å². The van der Waals surface area contributed by atoms with E-state index in [2.05, 4.69) is 17.3 Å². The van der Waals surface area contributed by atoms with Gasteiger partial charge in [-0.2, -0.15) is 5.10 Å². The van der Waals surface area contributed by atoms with Crippen LogP contribution in [-0.4, -0.2) is 41.5 Å². The second kappa shape index (κ2) is 7.46. The molecule has 2 heterocycles. The van der Waals surface area contributed by atoms with Crippen molar-refractivity contribution < 1.29 is 14.3 Å². The average Bonchev–Trinajstić information content (AvgIpc) is 3.29. The summed E-state index contributed by atoms with van der Waals surface area (Å²) in [5, 5.41) is 7.29. The minimum Gasteiger partial charge on any atom is -0.493 e. The van der Waals surface area contributed by atoms with Crippen molar-refractivity contribution in [2.75, 3.05) is 26.1 Å². The smallest absolute Gasteiger partial charge is 0.322 e. The number of ether oxygens (including phenoxy) is 2. The van der Waals surface area contributed by atoms with Gasteiger partial charge in [-0.1, -0.05) is 0 Å². The number of likely N-dealkylation sites (tertiary alicyclic amines) is 1. The average molecular weight is 344 g/mol. The number of aryl methyl sites for hydroxylation is 1. The van der Waals surface area contributed by atoms with Crippen molar-refractivity contribution in [2.45, 2.75) is 32.4 Å². The highest BCUT2D eigenvalue weighted by atomic mass is 16.5. The van der Waals surface area contributed by atoms with Gasteiger partial charge in [-0.3, -0.25) is 4.68 Å². The van der Waals surface area contributed by atoms with E-state index < -0.39 is 0 Å². The van der Waals surface area contributed by atoms with E-state index >= 15 is 0 Å². The van der Waals surface area contributed by atoms with Crippen LogP contribution in [-0.2, 0) is 6.54 Å². The van der Waals surface area contributed by atoms with Crippen molar-refractivity contribution in [1.82, 2.24) is 14.7 Å². The molecule has 0 saturated carbocycles. The lowest BCUT2D eigenvalue weighted by atomic mass is 10.1. The van der Waals surface area contributed by atoms with Crippen molar-refractivity contribution in [3.63, 3.8) is 0 Å². The maximum absolute atomic E-state index is 12.8. The van der Waals surface area contributed by atoms with Crippen molar-refractivity contribution in [2.24, 2.45) is 0 Å². The van der Waals surface area contributed by atoms with E-state index in [1.165, 1.54) is 0 Å². The molecule has 0 aliphatic carbocycles. The van der Waals surface area contributed by atoms with Crippen LogP contribution in [0.1, 0.15) is 31.5 Å². The number of rotatable bonds is 5. The summed E-state index contributed by atoms with van der Waals surface area (Å²) in [5.41, 5.74) is 1.76. The molecule has 0 unspecified atom stereocenters. The quantitative estimate of drug-likeness (QED) is 0.904. The second-order valence-corrected chi connectivity index (χ2v) is 5.92. The van der Waals surface area contributed by atoms with Crippen molar-refractivity contribution in [1.29, 1.82) is 0 Å². The predicted octanol–water partition coefficient (Wildman–Crippen LogP) is 3.29. The molecule has 2 aromatic rings. The third-order valence-corrected chi connectivity index (χ3v) is 4.54. The topological polar surface area (TPSA) is 68.6 Å². The zero-order chi connectivity index (χ0) is 17.8. The normalized spacial score (nSPS) is 16.8. The van der Waals surface area contributed by atoms with Gasteiger partial charge in [0.1, 0.15) is 0 Å². The van der Waals surface area contributed by atoms with Crippen LogP contribution in [0.25, 0.3) is 0 Å². The Bertz CT molecular complexity index is 744. The number of hydrogen-bond acceptors (Lipinski definition) is 4. The maximum Gasteiger partial charge on any atom is 0.322 e. The fraction of sp³-hybridized carbons (Fsp3) is 0.444. The number of carbonyl (C=O) groups excluding carboxylic acids is 1. The molecule has 1 fully saturated rings. The lowest BCUT2D eigenvalue weighted by Gasteiger charge is -2.25. The van der Waals surface area contributed by atoms with Gasteiger partial charge in [0.25, 0.3) is 0 Å². The highest BCUT2D eigenvalue weighted by Crippen LogP contribution is 2.33. The fourth-order valence-electron chi connectivity index (χ4n) is 3.32. The molecule has 1 saturated heterocycles. The molecule has 1 aliphatic rings. The van der Waals surface area contributed by atoms with Crippen molar-refractivity contribution in [3.05, 3.63) is 36.2 Å². The first-order valence-corrected chi connectivity index (χ1v) is 8.49. The van der Waals surface area contributed by atoms with Gasteiger partial charge < -0.3 is 19.7 Å². The molecule has 1 N–H and O–H groups in total. The minimum absolute atomic E-state index is 0.0580. The Kier molecular flexibility index (Phi) is 5.11. The zero-order valence-corrected chi connectivity index (χ0v) is 14.9. The zero-order valence-electron chi connectivity index (χ0n) is 14.9. The molecular formula is C18H24N4O3. The SMILES string of the molecule is CCn1nccc1[C@H]1CCCN1C(=O)Nc1ccc(OC)c(OC)c1. The first-order chi connectivity index (χ1) is 12.2. The molecule has 2 amide bonds. The molecule has 7 heteroatoms. The van der Waals surface area contributed by atoms with Crippen LogP contribution >= 0.6 is 0 Å². The van der Waals surface area contributed by atoms with Gasteiger partial charge in [-0.15, -0.1) is 0 Å².